The summed E-state index contributed by atoms with van der Waals surface area (Å²) < 4.78 is 1.04. The number of carbonyl (C=O) groups is 1. The quantitative estimate of drug-likeness (QED) is 0.844. The molecule has 0 atom stereocenters. The van der Waals surface area contributed by atoms with E-state index in [9.17, 15) is 4.79 Å². The van der Waals surface area contributed by atoms with Gasteiger partial charge in [-0.2, -0.15) is 0 Å². The third-order valence-electron chi connectivity index (χ3n) is 1.98. The zero-order chi connectivity index (χ0) is 12.0. The number of halogens is 1. The minimum Gasteiger partial charge on any atom is -0.352 e. The maximum atomic E-state index is 11.4. The van der Waals surface area contributed by atoms with Crippen LogP contribution in [0.25, 0.3) is 6.08 Å². The van der Waals surface area contributed by atoms with E-state index in [1.165, 1.54) is 0 Å². The van der Waals surface area contributed by atoms with Crippen LogP contribution in [0.4, 0.5) is 0 Å². The molecule has 86 valence electrons. The Balaban J connectivity index is 2.47. The van der Waals surface area contributed by atoms with Crippen molar-refractivity contribution in [2.45, 2.75) is 13.8 Å². The summed E-state index contributed by atoms with van der Waals surface area (Å²) in [4.78, 5) is 11.4. The standard InChI is InChI=1S/C13H16BrNO/c1-10(2)9-15-13(16)8-5-11-3-6-12(14)7-4-11/h3-8,10H,9H2,1-2H3,(H,15,16)/b8-5+. The van der Waals surface area contributed by atoms with Crippen LogP contribution < -0.4 is 5.32 Å². The summed E-state index contributed by atoms with van der Waals surface area (Å²) in [5.74, 6) is 0.432. The molecule has 0 aliphatic rings. The number of hydrogen-bond acceptors (Lipinski definition) is 1. The van der Waals surface area contributed by atoms with Gasteiger partial charge in [0.25, 0.3) is 0 Å². The van der Waals surface area contributed by atoms with Crippen molar-refractivity contribution in [3.8, 4) is 0 Å². The summed E-state index contributed by atoms with van der Waals surface area (Å²) >= 11 is 3.36. The monoisotopic (exact) mass is 281 g/mol. The van der Waals surface area contributed by atoms with E-state index in [0.717, 1.165) is 10.0 Å². The van der Waals surface area contributed by atoms with Crippen LogP contribution in [0.3, 0.4) is 0 Å². The van der Waals surface area contributed by atoms with E-state index in [4.69, 9.17) is 0 Å². The van der Waals surface area contributed by atoms with Crippen molar-refractivity contribution in [2.24, 2.45) is 5.92 Å². The predicted molar refractivity (Wildman–Crippen MR) is 71.0 cm³/mol. The van der Waals surface area contributed by atoms with E-state index in [-0.39, 0.29) is 5.91 Å². The molecule has 0 fully saturated rings. The Labute approximate surface area is 105 Å². The van der Waals surface area contributed by atoms with E-state index in [2.05, 4.69) is 35.1 Å². The van der Waals surface area contributed by atoms with Crippen molar-refractivity contribution in [3.63, 3.8) is 0 Å². The number of carbonyl (C=O) groups excluding carboxylic acids is 1. The Morgan fingerprint density at radius 1 is 1.38 bits per heavy atom. The number of hydrogen-bond donors (Lipinski definition) is 1. The molecular weight excluding hydrogens is 266 g/mol. The zero-order valence-electron chi connectivity index (χ0n) is 9.53. The van der Waals surface area contributed by atoms with Crippen LogP contribution in [0.1, 0.15) is 19.4 Å². The van der Waals surface area contributed by atoms with Gasteiger partial charge in [0.15, 0.2) is 0 Å². The van der Waals surface area contributed by atoms with Gasteiger partial charge in [-0.1, -0.05) is 41.9 Å². The average Bonchev–Trinajstić information content (AvgIpc) is 2.25. The van der Waals surface area contributed by atoms with Crippen molar-refractivity contribution in [3.05, 3.63) is 40.4 Å². The van der Waals surface area contributed by atoms with Crippen molar-refractivity contribution < 1.29 is 4.79 Å². The first-order chi connectivity index (χ1) is 7.58. The summed E-state index contributed by atoms with van der Waals surface area (Å²) in [6, 6.07) is 7.81. The molecule has 0 aliphatic carbocycles. The van der Waals surface area contributed by atoms with Crippen LogP contribution >= 0.6 is 15.9 Å². The summed E-state index contributed by atoms with van der Waals surface area (Å²) in [6.45, 7) is 4.85. The molecule has 1 aromatic rings. The van der Waals surface area contributed by atoms with Gasteiger partial charge < -0.3 is 5.32 Å². The van der Waals surface area contributed by atoms with E-state index in [1.54, 1.807) is 6.08 Å². The normalized spacial score (nSPS) is 11.0. The van der Waals surface area contributed by atoms with Gasteiger partial charge in [0.1, 0.15) is 0 Å². The third-order valence-corrected chi connectivity index (χ3v) is 2.51. The molecule has 16 heavy (non-hydrogen) atoms. The minimum atomic E-state index is -0.0448. The Morgan fingerprint density at radius 3 is 2.56 bits per heavy atom. The second-order valence-electron chi connectivity index (χ2n) is 4.02. The highest BCUT2D eigenvalue weighted by Crippen LogP contribution is 2.11. The first-order valence-corrected chi connectivity index (χ1v) is 6.08. The lowest BCUT2D eigenvalue weighted by molar-refractivity contribution is -0.116. The van der Waals surface area contributed by atoms with Gasteiger partial charge in [-0.25, -0.2) is 0 Å². The molecule has 1 aromatic carbocycles. The van der Waals surface area contributed by atoms with Crippen molar-refractivity contribution in [1.82, 2.24) is 5.32 Å². The SMILES string of the molecule is CC(C)CNC(=O)/C=C/c1ccc(Br)cc1. The molecule has 3 heteroatoms. The van der Waals surface area contributed by atoms with E-state index >= 15 is 0 Å². The first-order valence-electron chi connectivity index (χ1n) is 5.29. The Morgan fingerprint density at radius 2 is 2.00 bits per heavy atom. The Kier molecular flexibility index (Phi) is 5.26. The fourth-order valence-electron chi connectivity index (χ4n) is 1.11. The lowest BCUT2D eigenvalue weighted by Gasteiger charge is -2.04. The third kappa shape index (κ3) is 5.12. The molecule has 0 heterocycles. The van der Waals surface area contributed by atoms with Gasteiger partial charge >= 0.3 is 0 Å². The minimum absolute atomic E-state index is 0.0448. The summed E-state index contributed by atoms with van der Waals surface area (Å²) in [6.07, 6.45) is 3.37. The fraction of sp³-hybridized carbons (Fsp3) is 0.308. The molecule has 0 aliphatic heterocycles. The Bertz CT molecular complexity index is 368. The van der Waals surface area contributed by atoms with Crippen LogP contribution in [0.2, 0.25) is 0 Å². The van der Waals surface area contributed by atoms with Crippen LogP contribution in [0, 0.1) is 5.92 Å². The molecule has 0 unspecified atom stereocenters. The predicted octanol–water partition coefficient (Wildman–Crippen LogP) is 3.23. The molecule has 1 N–H and O–H groups in total. The fourth-order valence-corrected chi connectivity index (χ4v) is 1.37. The molecule has 0 saturated carbocycles. The molecule has 0 bridgehead atoms. The number of nitrogens with one attached hydrogen (secondary N) is 1. The van der Waals surface area contributed by atoms with Crippen molar-refractivity contribution >= 4 is 27.9 Å². The second kappa shape index (κ2) is 6.48. The topological polar surface area (TPSA) is 29.1 Å². The van der Waals surface area contributed by atoms with Gasteiger partial charge in [0, 0.05) is 17.1 Å². The lowest BCUT2D eigenvalue weighted by Crippen LogP contribution is -2.25. The van der Waals surface area contributed by atoms with Crippen LogP contribution in [-0.2, 0) is 4.79 Å². The molecule has 0 spiro atoms. The van der Waals surface area contributed by atoms with Gasteiger partial charge in [0.05, 0.1) is 0 Å². The lowest BCUT2D eigenvalue weighted by atomic mass is 10.2. The first kappa shape index (κ1) is 13.0. The molecule has 0 radical (unpaired) electrons. The summed E-state index contributed by atoms with van der Waals surface area (Å²) in [5, 5.41) is 2.83. The molecular formula is C13H16BrNO. The summed E-state index contributed by atoms with van der Waals surface area (Å²) in [7, 11) is 0. The molecule has 1 rings (SSSR count). The van der Waals surface area contributed by atoms with Crippen molar-refractivity contribution in [2.75, 3.05) is 6.54 Å². The van der Waals surface area contributed by atoms with E-state index < -0.39 is 0 Å². The highest BCUT2D eigenvalue weighted by Gasteiger charge is 1.97. The van der Waals surface area contributed by atoms with E-state index in [1.807, 2.05) is 30.3 Å². The average molecular weight is 282 g/mol. The highest BCUT2D eigenvalue weighted by molar-refractivity contribution is 9.10. The van der Waals surface area contributed by atoms with Gasteiger partial charge in [0.2, 0.25) is 5.91 Å². The number of amides is 1. The zero-order valence-corrected chi connectivity index (χ0v) is 11.1. The molecule has 1 amide bonds. The van der Waals surface area contributed by atoms with Crippen molar-refractivity contribution in [1.29, 1.82) is 0 Å². The number of rotatable bonds is 4. The van der Waals surface area contributed by atoms with Gasteiger partial charge in [-0.3, -0.25) is 4.79 Å². The van der Waals surface area contributed by atoms with Crippen LogP contribution in [0.15, 0.2) is 34.8 Å². The maximum Gasteiger partial charge on any atom is 0.244 e. The van der Waals surface area contributed by atoms with Crippen LogP contribution in [-0.4, -0.2) is 12.5 Å². The van der Waals surface area contributed by atoms with Gasteiger partial charge in [-0.15, -0.1) is 0 Å². The van der Waals surface area contributed by atoms with Crippen LogP contribution in [0.5, 0.6) is 0 Å². The largest absolute Gasteiger partial charge is 0.352 e. The highest BCUT2D eigenvalue weighted by atomic mass is 79.9. The van der Waals surface area contributed by atoms with E-state index in [0.29, 0.717) is 12.5 Å². The summed E-state index contributed by atoms with van der Waals surface area (Å²) in [5.41, 5.74) is 1.02. The maximum absolute atomic E-state index is 11.4. The molecule has 2 nitrogen and oxygen atoms in total. The Hall–Kier alpha value is -1.09. The smallest absolute Gasteiger partial charge is 0.244 e. The number of benzene rings is 1. The molecule has 0 saturated heterocycles. The second-order valence-corrected chi connectivity index (χ2v) is 4.94. The van der Waals surface area contributed by atoms with Gasteiger partial charge in [-0.05, 0) is 29.7 Å². The molecule has 0 aromatic heterocycles.